The van der Waals surface area contributed by atoms with Crippen LogP contribution >= 0.6 is 0 Å². The molecule has 0 radical (unpaired) electrons. The molecule has 0 amide bonds. The van der Waals surface area contributed by atoms with E-state index < -0.39 is 11.7 Å². The molecule has 1 fully saturated rings. The van der Waals surface area contributed by atoms with Gasteiger partial charge >= 0.3 is 6.18 Å². The summed E-state index contributed by atoms with van der Waals surface area (Å²) in [7, 11) is 0. The Morgan fingerprint density at radius 3 is 2.65 bits per heavy atom. The van der Waals surface area contributed by atoms with Gasteiger partial charge in [0.1, 0.15) is 0 Å². The molecular formula is C11H14F3N3. The molecule has 0 saturated carbocycles. The van der Waals surface area contributed by atoms with Crippen molar-refractivity contribution in [1.29, 1.82) is 0 Å². The van der Waals surface area contributed by atoms with Gasteiger partial charge in [-0.2, -0.15) is 13.2 Å². The van der Waals surface area contributed by atoms with E-state index in [-0.39, 0.29) is 12.1 Å². The van der Waals surface area contributed by atoms with Crippen LogP contribution in [-0.2, 0) is 6.18 Å². The van der Waals surface area contributed by atoms with Crippen molar-refractivity contribution in [3.63, 3.8) is 0 Å². The van der Waals surface area contributed by atoms with Crippen molar-refractivity contribution >= 4 is 0 Å². The van der Waals surface area contributed by atoms with Crippen molar-refractivity contribution < 1.29 is 13.2 Å². The highest BCUT2D eigenvalue weighted by atomic mass is 19.4. The van der Waals surface area contributed by atoms with Crippen molar-refractivity contribution in [2.75, 3.05) is 6.54 Å². The Bertz CT molecular complexity index is 392. The zero-order chi connectivity index (χ0) is 12.5. The van der Waals surface area contributed by atoms with Gasteiger partial charge in [0.15, 0.2) is 0 Å². The fourth-order valence-electron chi connectivity index (χ4n) is 1.93. The van der Waals surface area contributed by atoms with E-state index in [1.807, 2.05) is 0 Å². The van der Waals surface area contributed by atoms with Gasteiger partial charge in [0.25, 0.3) is 0 Å². The van der Waals surface area contributed by atoms with E-state index in [4.69, 9.17) is 5.73 Å². The van der Waals surface area contributed by atoms with Gasteiger partial charge in [-0.1, -0.05) is 12.1 Å². The molecule has 1 saturated heterocycles. The SMILES string of the molecule is NCC1CC(c2cccc(C(F)(F)F)c2)NN1. The summed E-state index contributed by atoms with van der Waals surface area (Å²) < 4.78 is 37.6. The van der Waals surface area contributed by atoms with Crippen LogP contribution in [0.1, 0.15) is 23.6 Å². The fourth-order valence-corrected chi connectivity index (χ4v) is 1.93. The number of nitrogens with one attached hydrogen (secondary N) is 2. The van der Waals surface area contributed by atoms with Gasteiger partial charge in [0.2, 0.25) is 0 Å². The molecule has 0 aliphatic carbocycles. The Kier molecular flexibility index (Phi) is 3.37. The second-order valence-corrected chi connectivity index (χ2v) is 4.13. The Balaban J connectivity index is 2.17. The van der Waals surface area contributed by atoms with Crippen LogP contribution in [0.15, 0.2) is 24.3 Å². The molecule has 2 unspecified atom stereocenters. The van der Waals surface area contributed by atoms with Gasteiger partial charge in [-0.25, -0.2) is 5.43 Å². The molecule has 0 bridgehead atoms. The Labute approximate surface area is 97.2 Å². The largest absolute Gasteiger partial charge is 0.416 e. The first-order valence-electron chi connectivity index (χ1n) is 5.39. The smallest absolute Gasteiger partial charge is 0.329 e. The number of nitrogens with two attached hydrogens (primary N) is 1. The minimum atomic E-state index is -4.30. The molecule has 2 rings (SSSR count). The highest BCUT2D eigenvalue weighted by Crippen LogP contribution is 2.32. The highest BCUT2D eigenvalue weighted by Gasteiger charge is 2.32. The summed E-state index contributed by atoms with van der Waals surface area (Å²) in [6, 6.07) is 5.36. The van der Waals surface area contributed by atoms with Crippen molar-refractivity contribution in [1.82, 2.24) is 10.9 Å². The topological polar surface area (TPSA) is 50.1 Å². The number of rotatable bonds is 2. The maximum absolute atomic E-state index is 12.5. The average molecular weight is 245 g/mol. The minimum Gasteiger partial charge on any atom is -0.329 e. The summed E-state index contributed by atoms with van der Waals surface area (Å²) in [6.45, 7) is 0.461. The van der Waals surface area contributed by atoms with Crippen LogP contribution in [0.2, 0.25) is 0 Å². The van der Waals surface area contributed by atoms with Crippen LogP contribution in [0.3, 0.4) is 0 Å². The van der Waals surface area contributed by atoms with Gasteiger partial charge in [-0.15, -0.1) is 0 Å². The van der Waals surface area contributed by atoms with E-state index >= 15 is 0 Å². The van der Waals surface area contributed by atoms with Gasteiger partial charge < -0.3 is 5.73 Å². The van der Waals surface area contributed by atoms with Crippen molar-refractivity contribution in [3.8, 4) is 0 Å². The van der Waals surface area contributed by atoms with Gasteiger partial charge in [-0.3, -0.25) is 5.43 Å². The second-order valence-electron chi connectivity index (χ2n) is 4.13. The summed E-state index contributed by atoms with van der Waals surface area (Å²) in [5, 5.41) is 0. The van der Waals surface area contributed by atoms with E-state index in [0.29, 0.717) is 18.5 Å². The Hall–Kier alpha value is -1.11. The maximum atomic E-state index is 12.5. The van der Waals surface area contributed by atoms with E-state index in [0.717, 1.165) is 6.07 Å². The van der Waals surface area contributed by atoms with Crippen molar-refractivity contribution in [2.24, 2.45) is 5.73 Å². The predicted octanol–water partition coefficient (Wildman–Crippen LogP) is 1.57. The molecule has 4 N–H and O–H groups in total. The molecule has 3 nitrogen and oxygen atoms in total. The lowest BCUT2D eigenvalue weighted by molar-refractivity contribution is -0.137. The average Bonchev–Trinajstić information content (AvgIpc) is 2.76. The van der Waals surface area contributed by atoms with E-state index in [1.165, 1.54) is 12.1 Å². The van der Waals surface area contributed by atoms with Crippen LogP contribution in [0.5, 0.6) is 0 Å². The molecule has 0 aromatic heterocycles. The standard InChI is InChI=1S/C11H14F3N3/c12-11(13,14)8-3-1-2-7(4-8)10-5-9(6-15)16-17-10/h1-4,9-10,16-17H,5-6,15H2. The van der Waals surface area contributed by atoms with Gasteiger partial charge in [0, 0.05) is 18.6 Å². The summed E-state index contributed by atoms with van der Waals surface area (Å²) >= 11 is 0. The highest BCUT2D eigenvalue weighted by molar-refractivity contribution is 5.28. The predicted molar refractivity (Wildman–Crippen MR) is 57.9 cm³/mol. The molecular weight excluding hydrogens is 231 g/mol. The summed E-state index contributed by atoms with van der Waals surface area (Å²) in [6.07, 6.45) is -3.60. The molecule has 1 aliphatic rings. The summed E-state index contributed by atoms with van der Waals surface area (Å²) in [5.41, 5.74) is 11.4. The van der Waals surface area contributed by atoms with E-state index in [9.17, 15) is 13.2 Å². The third-order valence-corrected chi connectivity index (χ3v) is 2.88. The molecule has 6 heteroatoms. The molecule has 94 valence electrons. The van der Waals surface area contributed by atoms with Crippen molar-refractivity contribution in [2.45, 2.75) is 24.7 Å². The Morgan fingerprint density at radius 1 is 1.29 bits per heavy atom. The van der Waals surface area contributed by atoms with Crippen molar-refractivity contribution in [3.05, 3.63) is 35.4 Å². The first-order chi connectivity index (χ1) is 8.00. The number of benzene rings is 1. The number of hydrazine groups is 1. The molecule has 1 aromatic carbocycles. The molecule has 2 atom stereocenters. The van der Waals surface area contributed by atoms with Crippen LogP contribution in [0.25, 0.3) is 0 Å². The minimum absolute atomic E-state index is 0.106. The maximum Gasteiger partial charge on any atom is 0.416 e. The number of halogens is 3. The first-order valence-corrected chi connectivity index (χ1v) is 5.39. The fraction of sp³-hybridized carbons (Fsp3) is 0.455. The third kappa shape index (κ3) is 2.77. The second kappa shape index (κ2) is 4.64. The molecule has 17 heavy (non-hydrogen) atoms. The van der Waals surface area contributed by atoms with Gasteiger partial charge in [0.05, 0.1) is 5.56 Å². The lowest BCUT2D eigenvalue weighted by atomic mass is 10.00. The molecule has 0 spiro atoms. The summed E-state index contributed by atoms with van der Waals surface area (Å²) in [5.74, 6) is 0. The molecule has 1 heterocycles. The Morgan fingerprint density at radius 2 is 2.06 bits per heavy atom. The van der Waals surface area contributed by atoms with Gasteiger partial charge in [-0.05, 0) is 24.1 Å². The first kappa shape index (κ1) is 12.3. The number of hydrogen-bond acceptors (Lipinski definition) is 3. The lowest BCUT2D eigenvalue weighted by Gasteiger charge is -2.13. The molecule has 1 aliphatic heterocycles. The summed E-state index contributed by atoms with van der Waals surface area (Å²) in [4.78, 5) is 0. The number of alkyl halides is 3. The zero-order valence-electron chi connectivity index (χ0n) is 9.09. The van der Waals surface area contributed by atoms with E-state index in [2.05, 4.69) is 10.9 Å². The number of hydrogen-bond donors (Lipinski definition) is 3. The van der Waals surface area contributed by atoms with E-state index in [1.54, 1.807) is 6.07 Å². The monoisotopic (exact) mass is 245 g/mol. The van der Waals surface area contributed by atoms with Crippen LogP contribution in [0, 0.1) is 0 Å². The normalized spacial score (nSPS) is 25.2. The lowest BCUT2D eigenvalue weighted by Crippen LogP contribution is -2.35. The molecule has 1 aromatic rings. The van der Waals surface area contributed by atoms with Crippen LogP contribution in [-0.4, -0.2) is 12.6 Å². The zero-order valence-corrected chi connectivity index (χ0v) is 9.09. The van der Waals surface area contributed by atoms with Crippen LogP contribution < -0.4 is 16.6 Å². The quantitative estimate of drug-likeness (QED) is 0.741. The van der Waals surface area contributed by atoms with Crippen LogP contribution in [0.4, 0.5) is 13.2 Å². The third-order valence-electron chi connectivity index (χ3n) is 2.88.